The fourth-order valence-corrected chi connectivity index (χ4v) is 3.89. The highest BCUT2D eigenvalue weighted by molar-refractivity contribution is 8.13. The minimum Gasteiger partial charge on any atom is -0.379 e. The van der Waals surface area contributed by atoms with Gasteiger partial charge in [0.2, 0.25) is 10.0 Å². The number of rotatable bonds is 3. The summed E-state index contributed by atoms with van der Waals surface area (Å²) in [6.45, 7) is 1.29. The number of ether oxygens (including phenoxy) is 1. The molecule has 1 saturated heterocycles. The molecule has 0 amide bonds. The molecule has 0 aromatic heterocycles. The van der Waals surface area contributed by atoms with Crippen LogP contribution in [0.5, 0.6) is 0 Å². The van der Waals surface area contributed by atoms with Crippen LogP contribution >= 0.6 is 10.7 Å². The van der Waals surface area contributed by atoms with Crippen molar-refractivity contribution in [3.8, 4) is 0 Å². The number of benzene rings is 1. The first-order valence-electron chi connectivity index (χ1n) is 5.44. The summed E-state index contributed by atoms with van der Waals surface area (Å²) in [6, 6.07) is 4.82. The normalized spacial score (nSPS) is 18.4. The molecular formula is C10H12ClNO5S2. The van der Waals surface area contributed by atoms with Crippen LogP contribution in [-0.2, 0) is 23.8 Å². The Morgan fingerprint density at radius 1 is 0.947 bits per heavy atom. The molecule has 1 aromatic carbocycles. The van der Waals surface area contributed by atoms with Crippen molar-refractivity contribution < 1.29 is 21.6 Å². The molecule has 1 heterocycles. The lowest BCUT2D eigenvalue weighted by Crippen LogP contribution is -2.40. The quantitative estimate of drug-likeness (QED) is 0.762. The molecule has 0 radical (unpaired) electrons. The second kappa shape index (κ2) is 5.37. The Labute approximate surface area is 116 Å². The first-order chi connectivity index (χ1) is 8.82. The van der Waals surface area contributed by atoms with Gasteiger partial charge in [0.05, 0.1) is 23.0 Å². The Kier molecular flexibility index (Phi) is 4.17. The van der Waals surface area contributed by atoms with Gasteiger partial charge in [-0.1, -0.05) is 0 Å². The molecule has 6 nitrogen and oxygen atoms in total. The van der Waals surface area contributed by atoms with Gasteiger partial charge < -0.3 is 4.74 Å². The Bertz CT molecular complexity index is 648. The zero-order chi connectivity index (χ0) is 14.1. The van der Waals surface area contributed by atoms with Gasteiger partial charge in [0.25, 0.3) is 9.05 Å². The van der Waals surface area contributed by atoms with Crippen molar-refractivity contribution in [1.29, 1.82) is 0 Å². The van der Waals surface area contributed by atoms with Crippen molar-refractivity contribution in [2.75, 3.05) is 26.3 Å². The second-order valence-corrected chi connectivity index (χ2v) is 8.43. The predicted molar refractivity (Wildman–Crippen MR) is 69.1 cm³/mol. The smallest absolute Gasteiger partial charge is 0.261 e. The van der Waals surface area contributed by atoms with Crippen LogP contribution in [0.1, 0.15) is 0 Å². The minimum atomic E-state index is -3.85. The number of sulfonamides is 1. The van der Waals surface area contributed by atoms with E-state index in [4.69, 9.17) is 15.4 Å². The highest BCUT2D eigenvalue weighted by atomic mass is 35.7. The lowest BCUT2D eigenvalue weighted by molar-refractivity contribution is 0.0730. The minimum absolute atomic E-state index is 0.0402. The van der Waals surface area contributed by atoms with Crippen LogP contribution in [-0.4, -0.2) is 47.4 Å². The van der Waals surface area contributed by atoms with Gasteiger partial charge in [-0.25, -0.2) is 16.8 Å². The third kappa shape index (κ3) is 3.26. The molecule has 1 aromatic rings. The molecule has 1 fully saturated rings. The van der Waals surface area contributed by atoms with Crippen molar-refractivity contribution >= 4 is 29.8 Å². The number of morpholine rings is 1. The number of nitrogens with zero attached hydrogens (tertiary/aromatic N) is 1. The fourth-order valence-electron chi connectivity index (χ4n) is 1.71. The van der Waals surface area contributed by atoms with E-state index >= 15 is 0 Å². The van der Waals surface area contributed by atoms with Crippen LogP contribution < -0.4 is 0 Å². The summed E-state index contributed by atoms with van der Waals surface area (Å²) in [5.41, 5.74) is 0. The van der Waals surface area contributed by atoms with Crippen molar-refractivity contribution in [3.63, 3.8) is 0 Å². The molecule has 9 heteroatoms. The first kappa shape index (κ1) is 14.7. The summed E-state index contributed by atoms with van der Waals surface area (Å²) < 4.78 is 53.0. The molecule has 1 aliphatic rings. The molecule has 0 saturated carbocycles. The van der Waals surface area contributed by atoms with Crippen molar-refractivity contribution in [1.82, 2.24) is 4.31 Å². The van der Waals surface area contributed by atoms with E-state index in [0.29, 0.717) is 13.2 Å². The van der Waals surface area contributed by atoms with E-state index in [-0.39, 0.29) is 22.9 Å². The molecule has 0 spiro atoms. The third-order valence-corrected chi connectivity index (χ3v) is 6.00. The van der Waals surface area contributed by atoms with Gasteiger partial charge in [-0.3, -0.25) is 0 Å². The average Bonchev–Trinajstić information content (AvgIpc) is 2.39. The maximum atomic E-state index is 12.2. The summed E-state index contributed by atoms with van der Waals surface area (Å²) in [5.74, 6) is 0. The van der Waals surface area contributed by atoms with Gasteiger partial charge in [-0.15, -0.1) is 0 Å². The van der Waals surface area contributed by atoms with E-state index in [0.717, 1.165) is 0 Å². The molecule has 19 heavy (non-hydrogen) atoms. The Hall–Kier alpha value is -0.670. The van der Waals surface area contributed by atoms with Crippen molar-refractivity contribution in [2.45, 2.75) is 9.79 Å². The molecule has 0 N–H and O–H groups in total. The van der Waals surface area contributed by atoms with Crippen LogP contribution in [0.3, 0.4) is 0 Å². The fraction of sp³-hybridized carbons (Fsp3) is 0.400. The third-order valence-electron chi connectivity index (χ3n) is 2.71. The van der Waals surface area contributed by atoms with Crippen LogP contribution in [0.2, 0.25) is 0 Å². The topological polar surface area (TPSA) is 80.8 Å². The van der Waals surface area contributed by atoms with E-state index in [1.165, 1.54) is 28.6 Å². The lowest BCUT2D eigenvalue weighted by Gasteiger charge is -2.26. The summed E-state index contributed by atoms with van der Waals surface area (Å²) in [6.07, 6.45) is 0. The molecule has 0 unspecified atom stereocenters. The summed E-state index contributed by atoms with van der Waals surface area (Å²) in [4.78, 5) is -0.0893. The number of hydrogen-bond acceptors (Lipinski definition) is 5. The monoisotopic (exact) mass is 325 g/mol. The largest absolute Gasteiger partial charge is 0.379 e. The maximum absolute atomic E-state index is 12.2. The first-order valence-corrected chi connectivity index (χ1v) is 9.19. The molecule has 0 aliphatic carbocycles. The summed E-state index contributed by atoms with van der Waals surface area (Å²) in [5, 5.41) is 0. The lowest BCUT2D eigenvalue weighted by atomic mass is 10.4. The Balaban J connectivity index is 2.31. The highest BCUT2D eigenvalue weighted by Crippen LogP contribution is 2.21. The van der Waals surface area contributed by atoms with Crippen molar-refractivity contribution in [3.05, 3.63) is 24.3 Å². The SMILES string of the molecule is O=S(=O)(Cl)c1ccc(S(=O)(=O)N2CCOCC2)cc1. The maximum Gasteiger partial charge on any atom is 0.261 e. The standard InChI is InChI=1S/C10H12ClNO5S2/c11-18(13,14)9-1-3-10(4-2-9)19(15,16)12-5-7-17-8-6-12/h1-4H,5-8H2. The molecule has 2 rings (SSSR count). The van der Waals surface area contributed by atoms with E-state index < -0.39 is 19.1 Å². The second-order valence-electron chi connectivity index (χ2n) is 3.93. The molecule has 1 aliphatic heterocycles. The van der Waals surface area contributed by atoms with Crippen LogP contribution in [0.4, 0.5) is 0 Å². The predicted octanol–water partition coefficient (Wildman–Crippen LogP) is 0.635. The van der Waals surface area contributed by atoms with Gasteiger partial charge in [-0.05, 0) is 24.3 Å². The Morgan fingerprint density at radius 3 is 1.89 bits per heavy atom. The van der Waals surface area contributed by atoms with Crippen LogP contribution in [0.25, 0.3) is 0 Å². The Morgan fingerprint density at radius 2 is 1.42 bits per heavy atom. The number of halogens is 1. The van der Waals surface area contributed by atoms with Gasteiger partial charge in [0.15, 0.2) is 0 Å². The number of hydrogen-bond donors (Lipinski definition) is 0. The zero-order valence-corrected chi connectivity index (χ0v) is 12.2. The average molecular weight is 326 g/mol. The van der Waals surface area contributed by atoms with Crippen LogP contribution in [0, 0.1) is 0 Å². The van der Waals surface area contributed by atoms with E-state index in [2.05, 4.69) is 0 Å². The summed E-state index contributed by atoms with van der Waals surface area (Å²) in [7, 11) is -2.29. The van der Waals surface area contributed by atoms with Gasteiger partial charge in [0, 0.05) is 23.8 Å². The van der Waals surface area contributed by atoms with Gasteiger partial charge >= 0.3 is 0 Å². The van der Waals surface area contributed by atoms with Crippen molar-refractivity contribution in [2.24, 2.45) is 0 Å². The summed E-state index contributed by atoms with van der Waals surface area (Å²) >= 11 is 0. The molecule has 106 valence electrons. The molecule has 0 bridgehead atoms. The highest BCUT2D eigenvalue weighted by Gasteiger charge is 2.26. The van der Waals surface area contributed by atoms with Gasteiger partial charge in [0.1, 0.15) is 0 Å². The van der Waals surface area contributed by atoms with Gasteiger partial charge in [-0.2, -0.15) is 4.31 Å². The zero-order valence-electron chi connectivity index (χ0n) is 9.82. The molecular weight excluding hydrogens is 314 g/mol. The van der Waals surface area contributed by atoms with E-state index in [1.807, 2.05) is 0 Å². The van der Waals surface area contributed by atoms with E-state index in [1.54, 1.807) is 0 Å². The molecule has 0 atom stereocenters. The van der Waals surface area contributed by atoms with Crippen LogP contribution in [0.15, 0.2) is 34.1 Å². The van der Waals surface area contributed by atoms with E-state index in [9.17, 15) is 16.8 Å².